The lowest BCUT2D eigenvalue weighted by Gasteiger charge is -2.02. The summed E-state index contributed by atoms with van der Waals surface area (Å²) in [6.45, 7) is 0. The molecule has 2 rings (SSSR count). The fourth-order valence-electron chi connectivity index (χ4n) is 1.36. The number of rotatable bonds is 2. The Morgan fingerprint density at radius 3 is 2.62 bits per heavy atom. The topological polar surface area (TPSA) is 113 Å². The van der Waals surface area contributed by atoms with Crippen LogP contribution in [0.25, 0.3) is 5.69 Å². The van der Waals surface area contributed by atoms with Crippen molar-refractivity contribution >= 4 is 17.3 Å². The molecule has 2 aromatic rings. The van der Waals surface area contributed by atoms with E-state index in [0.29, 0.717) is 11.5 Å². The molecule has 0 saturated heterocycles. The van der Waals surface area contributed by atoms with Crippen molar-refractivity contribution in [2.75, 3.05) is 11.5 Å². The van der Waals surface area contributed by atoms with Crippen LogP contribution in [0, 0.1) is 10.1 Å². The van der Waals surface area contributed by atoms with E-state index in [2.05, 4.69) is 5.10 Å². The molecule has 0 aliphatic rings. The Labute approximate surface area is 90.4 Å². The Hall–Kier alpha value is -2.57. The zero-order chi connectivity index (χ0) is 11.7. The number of nitrogen functional groups attached to an aromatic ring is 2. The van der Waals surface area contributed by atoms with Gasteiger partial charge in [0.1, 0.15) is 11.6 Å². The Bertz CT molecular complexity index is 549. The van der Waals surface area contributed by atoms with Gasteiger partial charge in [0.05, 0.1) is 10.6 Å². The van der Waals surface area contributed by atoms with Gasteiger partial charge in [-0.25, -0.2) is 4.68 Å². The highest BCUT2D eigenvalue weighted by Gasteiger charge is 2.09. The molecule has 0 atom stereocenters. The van der Waals surface area contributed by atoms with Crippen molar-refractivity contribution in [1.29, 1.82) is 0 Å². The lowest BCUT2D eigenvalue weighted by atomic mass is 10.3. The number of non-ortho nitro benzene ring substituents is 1. The van der Waals surface area contributed by atoms with Gasteiger partial charge in [-0.1, -0.05) is 6.07 Å². The number of aromatic nitrogens is 2. The summed E-state index contributed by atoms with van der Waals surface area (Å²) in [7, 11) is 0. The minimum atomic E-state index is -0.480. The van der Waals surface area contributed by atoms with E-state index in [4.69, 9.17) is 11.5 Å². The summed E-state index contributed by atoms with van der Waals surface area (Å²) in [6.07, 6.45) is 0. The molecule has 0 radical (unpaired) electrons. The van der Waals surface area contributed by atoms with Crippen molar-refractivity contribution < 1.29 is 4.92 Å². The van der Waals surface area contributed by atoms with Crippen molar-refractivity contribution in [2.24, 2.45) is 0 Å². The average molecular weight is 219 g/mol. The molecule has 0 amide bonds. The zero-order valence-electron chi connectivity index (χ0n) is 8.20. The van der Waals surface area contributed by atoms with Crippen molar-refractivity contribution in [2.45, 2.75) is 0 Å². The molecule has 82 valence electrons. The van der Waals surface area contributed by atoms with Crippen LogP contribution in [0.5, 0.6) is 0 Å². The highest BCUT2D eigenvalue weighted by Crippen LogP contribution is 2.19. The molecular weight excluding hydrogens is 210 g/mol. The van der Waals surface area contributed by atoms with E-state index in [9.17, 15) is 10.1 Å². The van der Waals surface area contributed by atoms with Crippen molar-refractivity contribution in [3.8, 4) is 5.69 Å². The van der Waals surface area contributed by atoms with E-state index < -0.39 is 4.92 Å². The molecule has 0 aliphatic carbocycles. The normalized spacial score (nSPS) is 10.2. The van der Waals surface area contributed by atoms with Gasteiger partial charge in [-0.2, -0.15) is 0 Å². The third-order valence-electron chi connectivity index (χ3n) is 2.04. The zero-order valence-corrected chi connectivity index (χ0v) is 8.20. The highest BCUT2D eigenvalue weighted by molar-refractivity contribution is 5.51. The molecule has 7 nitrogen and oxygen atoms in total. The standard InChI is InChI=1S/C9H9N5O2/c10-8-5-9(11)13(12-8)6-2-1-3-7(4-6)14(15)16/h1-5H,11H2,(H2,10,12). The molecule has 0 bridgehead atoms. The van der Waals surface area contributed by atoms with E-state index in [1.54, 1.807) is 12.1 Å². The highest BCUT2D eigenvalue weighted by atomic mass is 16.6. The molecule has 4 N–H and O–H groups in total. The fourth-order valence-corrected chi connectivity index (χ4v) is 1.36. The second-order valence-electron chi connectivity index (χ2n) is 3.18. The molecule has 0 aliphatic heterocycles. The Morgan fingerprint density at radius 1 is 1.31 bits per heavy atom. The summed E-state index contributed by atoms with van der Waals surface area (Å²) in [5.41, 5.74) is 11.6. The van der Waals surface area contributed by atoms with Crippen LogP contribution in [0.1, 0.15) is 0 Å². The Kier molecular flexibility index (Phi) is 2.20. The predicted octanol–water partition coefficient (Wildman–Crippen LogP) is 0.945. The van der Waals surface area contributed by atoms with E-state index in [1.807, 2.05) is 0 Å². The third-order valence-corrected chi connectivity index (χ3v) is 2.04. The van der Waals surface area contributed by atoms with Gasteiger partial charge in [0.25, 0.3) is 5.69 Å². The van der Waals surface area contributed by atoms with Crippen LogP contribution in [-0.4, -0.2) is 14.7 Å². The van der Waals surface area contributed by atoms with Crippen LogP contribution in [0.3, 0.4) is 0 Å². The lowest BCUT2D eigenvalue weighted by molar-refractivity contribution is -0.384. The van der Waals surface area contributed by atoms with Gasteiger partial charge in [-0.3, -0.25) is 10.1 Å². The quantitative estimate of drug-likeness (QED) is 0.576. The maximum absolute atomic E-state index is 10.6. The maximum atomic E-state index is 10.6. The summed E-state index contributed by atoms with van der Waals surface area (Å²) in [5, 5.41) is 14.5. The number of anilines is 2. The first-order valence-corrected chi connectivity index (χ1v) is 4.44. The number of hydrogen-bond acceptors (Lipinski definition) is 5. The number of nitro groups is 1. The summed E-state index contributed by atoms with van der Waals surface area (Å²) in [5.74, 6) is 0.599. The Morgan fingerprint density at radius 2 is 2.06 bits per heavy atom. The van der Waals surface area contributed by atoms with Gasteiger partial charge in [-0.15, -0.1) is 5.10 Å². The largest absolute Gasteiger partial charge is 0.384 e. The van der Waals surface area contributed by atoms with Gasteiger partial charge < -0.3 is 11.5 Å². The first kappa shape index (κ1) is 9.97. The van der Waals surface area contributed by atoms with Crippen LogP contribution in [-0.2, 0) is 0 Å². The molecule has 0 unspecified atom stereocenters. The van der Waals surface area contributed by atoms with Crippen LogP contribution in [0.15, 0.2) is 30.3 Å². The van der Waals surface area contributed by atoms with Gasteiger partial charge in [-0.05, 0) is 6.07 Å². The van der Waals surface area contributed by atoms with Crippen LogP contribution in [0.2, 0.25) is 0 Å². The first-order chi connectivity index (χ1) is 7.58. The molecule has 1 heterocycles. The number of hydrogen-bond donors (Lipinski definition) is 2. The molecular formula is C9H9N5O2. The van der Waals surface area contributed by atoms with Gasteiger partial charge >= 0.3 is 0 Å². The van der Waals surface area contributed by atoms with Crippen molar-refractivity contribution in [3.63, 3.8) is 0 Å². The molecule has 1 aromatic carbocycles. The molecule has 16 heavy (non-hydrogen) atoms. The number of nitrogens with zero attached hydrogens (tertiary/aromatic N) is 3. The van der Waals surface area contributed by atoms with Crippen molar-refractivity contribution in [3.05, 3.63) is 40.4 Å². The molecule has 1 aromatic heterocycles. The summed E-state index contributed by atoms with van der Waals surface area (Å²) >= 11 is 0. The average Bonchev–Trinajstić information content (AvgIpc) is 2.58. The minimum Gasteiger partial charge on any atom is -0.384 e. The van der Waals surface area contributed by atoms with E-state index in [-0.39, 0.29) is 11.5 Å². The number of nitrogens with two attached hydrogens (primary N) is 2. The van der Waals surface area contributed by atoms with Crippen LogP contribution < -0.4 is 11.5 Å². The van der Waals surface area contributed by atoms with Crippen LogP contribution >= 0.6 is 0 Å². The summed E-state index contributed by atoms with van der Waals surface area (Å²) in [6, 6.07) is 7.48. The van der Waals surface area contributed by atoms with Gasteiger partial charge in [0.2, 0.25) is 0 Å². The second-order valence-corrected chi connectivity index (χ2v) is 3.18. The van der Waals surface area contributed by atoms with E-state index in [0.717, 1.165) is 0 Å². The second kappa shape index (κ2) is 3.54. The third kappa shape index (κ3) is 1.65. The molecule has 0 spiro atoms. The molecule has 7 heteroatoms. The fraction of sp³-hybridized carbons (Fsp3) is 0. The predicted molar refractivity (Wildman–Crippen MR) is 59.0 cm³/mol. The summed E-state index contributed by atoms with van der Waals surface area (Å²) < 4.78 is 1.35. The summed E-state index contributed by atoms with van der Waals surface area (Å²) in [4.78, 5) is 10.1. The molecule has 0 saturated carbocycles. The lowest BCUT2D eigenvalue weighted by Crippen LogP contribution is -2.02. The number of benzene rings is 1. The minimum absolute atomic E-state index is 0.0222. The SMILES string of the molecule is Nc1cc(N)n(-c2cccc([N+](=O)[O-])c2)n1. The van der Waals surface area contributed by atoms with Crippen LogP contribution in [0.4, 0.5) is 17.3 Å². The van der Waals surface area contributed by atoms with Crippen molar-refractivity contribution in [1.82, 2.24) is 9.78 Å². The van der Waals surface area contributed by atoms with Gasteiger partial charge in [0, 0.05) is 18.2 Å². The number of nitro benzene ring substituents is 1. The smallest absolute Gasteiger partial charge is 0.271 e. The van der Waals surface area contributed by atoms with E-state index in [1.165, 1.54) is 22.9 Å². The molecule has 0 fully saturated rings. The van der Waals surface area contributed by atoms with Gasteiger partial charge in [0.15, 0.2) is 0 Å². The van der Waals surface area contributed by atoms with E-state index >= 15 is 0 Å². The Balaban J connectivity index is 2.52. The maximum Gasteiger partial charge on any atom is 0.271 e. The first-order valence-electron chi connectivity index (χ1n) is 4.44. The monoisotopic (exact) mass is 219 g/mol.